The van der Waals surface area contributed by atoms with Gasteiger partial charge in [-0.1, -0.05) is 0 Å². The Labute approximate surface area is 93.0 Å². The van der Waals surface area contributed by atoms with Crippen molar-refractivity contribution in [2.45, 2.75) is 4.90 Å². The number of methoxy groups -OCH3 is 1. The van der Waals surface area contributed by atoms with E-state index in [1.54, 1.807) is 0 Å². The number of rotatable bonds is 5. The fourth-order valence-electron chi connectivity index (χ4n) is 1.06. The molecule has 1 aromatic rings. The van der Waals surface area contributed by atoms with Crippen molar-refractivity contribution in [1.82, 2.24) is 0 Å². The van der Waals surface area contributed by atoms with Gasteiger partial charge in [-0.2, -0.15) is 0 Å². The predicted octanol–water partition coefficient (Wildman–Crippen LogP) is 0.498. The molecule has 0 heterocycles. The molecule has 5 nitrogen and oxygen atoms in total. The van der Waals surface area contributed by atoms with Gasteiger partial charge in [-0.15, -0.1) is 0 Å². The van der Waals surface area contributed by atoms with Crippen LogP contribution >= 0.6 is 0 Å². The minimum absolute atomic E-state index is 0.0148. The van der Waals surface area contributed by atoms with Gasteiger partial charge in [0.1, 0.15) is 23.1 Å². The van der Waals surface area contributed by atoms with E-state index in [-0.39, 0.29) is 17.3 Å². The average Bonchev–Trinajstić information content (AvgIpc) is 2.19. The molecule has 0 atom stereocenters. The van der Waals surface area contributed by atoms with E-state index >= 15 is 0 Å². The van der Waals surface area contributed by atoms with Gasteiger partial charge < -0.3 is 9.47 Å². The van der Waals surface area contributed by atoms with E-state index in [0.717, 1.165) is 12.1 Å². The monoisotopic (exact) mass is 249 g/mol. The zero-order valence-electron chi connectivity index (χ0n) is 8.64. The highest BCUT2D eigenvalue weighted by atomic mass is 32.2. The number of ether oxygens (including phenoxy) is 2. The largest absolute Gasteiger partial charge is 0.490 e. The van der Waals surface area contributed by atoms with E-state index in [4.69, 9.17) is 14.6 Å². The summed E-state index contributed by atoms with van der Waals surface area (Å²) in [6.07, 6.45) is 0. The molecule has 0 amide bonds. The van der Waals surface area contributed by atoms with E-state index in [1.807, 2.05) is 0 Å². The fourth-order valence-corrected chi connectivity index (χ4v) is 1.74. The molecule has 0 aromatic heterocycles. The Kier molecular flexibility index (Phi) is 4.22. The summed E-state index contributed by atoms with van der Waals surface area (Å²) in [4.78, 5) is -0.372. The molecule has 0 aliphatic rings. The zero-order valence-corrected chi connectivity index (χ0v) is 9.46. The standard InChI is InChI=1S/C9H12FNO4S/c1-14-4-5-15-8-3-2-7(10)6-9(8)16(11,12)13/h2-3,6H,4-5H2,1H3,(H2,11,12,13). The van der Waals surface area contributed by atoms with Crippen LogP contribution in [0.15, 0.2) is 23.1 Å². The van der Waals surface area contributed by atoms with Crippen molar-refractivity contribution in [2.24, 2.45) is 5.14 Å². The van der Waals surface area contributed by atoms with Crippen molar-refractivity contribution < 1.29 is 22.3 Å². The molecule has 0 bridgehead atoms. The Balaban J connectivity index is 2.99. The van der Waals surface area contributed by atoms with E-state index in [9.17, 15) is 12.8 Å². The van der Waals surface area contributed by atoms with Crippen molar-refractivity contribution in [3.05, 3.63) is 24.0 Å². The normalized spacial score (nSPS) is 11.4. The van der Waals surface area contributed by atoms with Crippen LogP contribution in [0.5, 0.6) is 5.75 Å². The maximum atomic E-state index is 12.9. The lowest BCUT2D eigenvalue weighted by atomic mass is 10.3. The second-order valence-electron chi connectivity index (χ2n) is 2.98. The number of sulfonamides is 1. The first-order chi connectivity index (χ1) is 7.45. The second kappa shape index (κ2) is 5.24. The Bertz CT molecular complexity index is 461. The average molecular weight is 249 g/mol. The summed E-state index contributed by atoms with van der Waals surface area (Å²) in [5.41, 5.74) is 0. The second-order valence-corrected chi connectivity index (χ2v) is 4.51. The molecule has 0 aliphatic heterocycles. The van der Waals surface area contributed by atoms with E-state index in [0.29, 0.717) is 6.61 Å². The zero-order chi connectivity index (χ0) is 12.2. The van der Waals surface area contributed by atoms with Crippen LogP contribution in [-0.2, 0) is 14.8 Å². The molecule has 0 aliphatic carbocycles. The highest BCUT2D eigenvalue weighted by molar-refractivity contribution is 7.89. The smallest absolute Gasteiger partial charge is 0.241 e. The molecule has 1 rings (SSSR count). The summed E-state index contributed by atoms with van der Waals surface area (Å²) in [6, 6.07) is 3.12. The molecule has 0 radical (unpaired) electrons. The maximum Gasteiger partial charge on any atom is 0.241 e. The molecule has 2 N–H and O–H groups in total. The lowest BCUT2D eigenvalue weighted by Crippen LogP contribution is -2.15. The molecule has 0 spiro atoms. The number of halogens is 1. The van der Waals surface area contributed by atoms with Gasteiger partial charge in [0.05, 0.1) is 6.61 Å². The quantitative estimate of drug-likeness (QED) is 0.771. The van der Waals surface area contributed by atoms with Crippen LogP contribution < -0.4 is 9.88 Å². The molecule has 1 aromatic carbocycles. The van der Waals surface area contributed by atoms with Gasteiger partial charge in [0, 0.05) is 7.11 Å². The Morgan fingerprint density at radius 3 is 2.62 bits per heavy atom. The van der Waals surface area contributed by atoms with Crippen LogP contribution in [0.3, 0.4) is 0 Å². The Hall–Kier alpha value is -1.18. The lowest BCUT2D eigenvalue weighted by molar-refractivity contribution is 0.144. The molecule has 0 saturated heterocycles. The summed E-state index contributed by atoms with van der Waals surface area (Å²) in [6.45, 7) is 0.450. The maximum absolute atomic E-state index is 12.9. The highest BCUT2D eigenvalue weighted by Gasteiger charge is 2.16. The Morgan fingerprint density at radius 2 is 2.06 bits per heavy atom. The molecule has 0 unspecified atom stereocenters. The van der Waals surface area contributed by atoms with E-state index in [1.165, 1.54) is 13.2 Å². The summed E-state index contributed by atoms with van der Waals surface area (Å²) < 4.78 is 45.0. The first kappa shape index (κ1) is 12.9. The van der Waals surface area contributed by atoms with Crippen LogP contribution in [0.2, 0.25) is 0 Å². The summed E-state index contributed by atoms with van der Waals surface area (Å²) in [5, 5.41) is 4.93. The lowest BCUT2D eigenvalue weighted by Gasteiger charge is -2.09. The van der Waals surface area contributed by atoms with Gasteiger partial charge in [-0.25, -0.2) is 17.9 Å². The molecule has 90 valence electrons. The summed E-state index contributed by atoms with van der Waals surface area (Å²) >= 11 is 0. The van der Waals surface area contributed by atoms with Crippen molar-refractivity contribution >= 4 is 10.0 Å². The van der Waals surface area contributed by atoms with Gasteiger partial charge in [0.25, 0.3) is 0 Å². The third kappa shape index (κ3) is 3.44. The van der Waals surface area contributed by atoms with Crippen LogP contribution in [0.25, 0.3) is 0 Å². The summed E-state index contributed by atoms with van der Waals surface area (Å²) in [7, 11) is -2.52. The van der Waals surface area contributed by atoms with Gasteiger partial charge in [-0.3, -0.25) is 0 Å². The van der Waals surface area contributed by atoms with Crippen molar-refractivity contribution in [3.63, 3.8) is 0 Å². The minimum atomic E-state index is -4.00. The van der Waals surface area contributed by atoms with Crippen LogP contribution in [-0.4, -0.2) is 28.7 Å². The predicted molar refractivity (Wildman–Crippen MR) is 55.1 cm³/mol. The van der Waals surface area contributed by atoms with Gasteiger partial charge in [0.15, 0.2) is 0 Å². The van der Waals surface area contributed by atoms with Gasteiger partial charge >= 0.3 is 0 Å². The molecule has 16 heavy (non-hydrogen) atoms. The number of hydrogen-bond donors (Lipinski definition) is 1. The third-order valence-corrected chi connectivity index (χ3v) is 2.69. The van der Waals surface area contributed by atoms with Crippen molar-refractivity contribution in [3.8, 4) is 5.75 Å². The highest BCUT2D eigenvalue weighted by Crippen LogP contribution is 2.23. The fraction of sp³-hybridized carbons (Fsp3) is 0.333. The van der Waals surface area contributed by atoms with Crippen LogP contribution in [0, 0.1) is 5.82 Å². The summed E-state index contributed by atoms with van der Waals surface area (Å²) in [5.74, 6) is -0.677. The number of hydrogen-bond acceptors (Lipinski definition) is 4. The number of primary sulfonamides is 1. The van der Waals surface area contributed by atoms with Crippen LogP contribution in [0.4, 0.5) is 4.39 Å². The van der Waals surface area contributed by atoms with Gasteiger partial charge in [-0.05, 0) is 18.2 Å². The molecule has 7 heteroatoms. The topological polar surface area (TPSA) is 78.6 Å². The molecular formula is C9H12FNO4S. The SMILES string of the molecule is COCCOc1ccc(F)cc1S(N)(=O)=O. The van der Waals surface area contributed by atoms with E-state index < -0.39 is 15.8 Å². The number of benzene rings is 1. The van der Waals surface area contributed by atoms with Crippen molar-refractivity contribution in [2.75, 3.05) is 20.3 Å². The molecule has 0 saturated carbocycles. The van der Waals surface area contributed by atoms with Gasteiger partial charge in [0.2, 0.25) is 10.0 Å². The minimum Gasteiger partial charge on any atom is -0.490 e. The first-order valence-corrected chi connectivity index (χ1v) is 5.94. The first-order valence-electron chi connectivity index (χ1n) is 4.39. The molecular weight excluding hydrogens is 237 g/mol. The Morgan fingerprint density at radius 1 is 1.38 bits per heavy atom. The van der Waals surface area contributed by atoms with Crippen LogP contribution in [0.1, 0.15) is 0 Å². The van der Waals surface area contributed by atoms with Crippen molar-refractivity contribution in [1.29, 1.82) is 0 Å². The van der Waals surface area contributed by atoms with E-state index in [2.05, 4.69) is 0 Å². The third-order valence-electron chi connectivity index (χ3n) is 1.76. The molecule has 0 fully saturated rings. The number of nitrogens with two attached hydrogens (primary N) is 1.